The summed E-state index contributed by atoms with van der Waals surface area (Å²) in [4.78, 5) is 0. The lowest BCUT2D eigenvalue weighted by Gasteiger charge is -2.39. The third-order valence-corrected chi connectivity index (χ3v) is 4.03. The molecule has 1 N–H and O–H groups in total. The van der Waals surface area contributed by atoms with Gasteiger partial charge in [-0.05, 0) is 37.6 Å². The Morgan fingerprint density at radius 2 is 1.77 bits per heavy atom. The maximum atomic E-state index is 3.62. The Morgan fingerprint density at radius 1 is 1.00 bits per heavy atom. The van der Waals surface area contributed by atoms with Crippen LogP contribution in [-0.4, -0.2) is 12.6 Å². The molecule has 0 aromatic carbocycles. The summed E-state index contributed by atoms with van der Waals surface area (Å²) in [6.07, 6.45) is 10.5. The van der Waals surface area contributed by atoms with Crippen LogP contribution in [0.1, 0.15) is 51.9 Å². The van der Waals surface area contributed by atoms with Crippen molar-refractivity contribution in [3.05, 3.63) is 0 Å². The van der Waals surface area contributed by atoms with Crippen molar-refractivity contribution in [2.45, 2.75) is 57.9 Å². The van der Waals surface area contributed by atoms with Gasteiger partial charge in [-0.2, -0.15) is 0 Å². The molecule has 0 aliphatic heterocycles. The Labute approximate surface area is 82.3 Å². The van der Waals surface area contributed by atoms with Crippen molar-refractivity contribution in [2.24, 2.45) is 11.8 Å². The van der Waals surface area contributed by atoms with E-state index in [9.17, 15) is 0 Å². The van der Waals surface area contributed by atoms with Crippen molar-refractivity contribution >= 4 is 0 Å². The maximum absolute atomic E-state index is 3.62. The second kappa shape index (κ2) is 4.45. The van der Waals surface area contributed by atoms with Gasteiger partial charge in [-0.15, -0.1) is 0 Å². The van der Waals surface area contributed by atoms with Crippen LogP contribution < -0.4 is 5.32 Å². The summed E-state index contributed by atoms with van der Waals surface area (Å²) in [6.45, 7) is 3.38. The van der Waals surface area contributed by atoms with Crippen LogP contribution in [0.5, 0.6) is 0 Å². The minimum Gasteiger partial charge on any atom is -0.314 e. The number of hydrogen-bond donors (Lipinski definition) is 1. The lowest BCUT2D eigenvalue weighted by molar-refractivity contribution is 0.144. The Balaban J connectivity index is 1.84. The SMILES string of the molecule is CCNC1CCC2CCCCC2C1. The molecule has 2 aliphatic carbocycles. The molecule has 0 aromatic heterocycles. The first-order chi connectivity index (χ1) is 6.40. The molecule has 1 nitrogen and oxygen atoms in total. The molecule has 13 heavy (non-hydrogen) atoms. The van der Waals surface area contributed by atoms with Crippen LogP contribution >= 0.6 is 0 Å². The molecule has 0 amide bonds. The van der Waals surface area contributed by atoms with Gasteiger partial charge in [0.15, 0.2) is 0 Å². The zero-order valence-electron chi connectivity index (χ0n) is 8.89. The van der Waals surface area contributed by atoms with Crippen molar-refractivity contribution in [1.29, 1.82) is 0 Å². The number of hydrogen-bond acceptors (Lipinski definition) is 1. The van der Waals surface area contributed by atoms with Crippen LogP contribution in [-0.2, 0) is 0 Å². The van der Waals surface area contributed by atoms with Crippen molar-refractivity contribution in [3.63, 3.8) is 0 Å². The Morgan fingerprint density at radius 3 is 2.54 bits per heavy atom. The fourth-order valence-corrected chi connectivity index (χ4v) is 3.35. The number of nitrogens with one attached hydrogen (secondary N) is 1. The second-order valence-corrected chi connectivity index (χ2v) is 4.87. The van der Waals surface area contributed by atoms with Gasteiger partial charge < -0.3 is 5.32 Å². The van der Waals surface area contributed by atoms with Gasteiger partial charge in [0.25, 0.3) is 0 Å². The topological polar surface area (TPSA) is 12.0 Å². The summed E-state index contributed by atoms with van der Waals surface area (Å²) in [7, 11) is 0. The van der Waals surface area contributed by atoms with E-state index in [-0.39, 0.29) is 0 Å². The predicted molar refractivity (Wildman–Crippen MR) is 56.8 cm³/mol. The van der Waals surface area contributed by atoms with Crippen molar-refractivity contribution < 1.29 is 0 Å². The predicted octanol–water partition coefficient (Wildman–Crippen LogP) is 2.95. The molecule has 0 saturated heterocycles. The highest BCUT2D eigenvalue weighted by Gasteiger charge is 2.31. The van der Waals surface area contributed by atoms with Crippen LogP contribution in [0, 0.1) is 11.8 Å². The summed E-state index contributed by atoms with van der Waals surface area (Å²) < 4.78 is 0. The fourth-order valence-electron chi connectivity index (χ4n) is 3.35. The monoisotopic (exact) mass is 181 g/mol. The average molecular weight is 181 g/mol. The number of rotatable bonds is 2. The van der Waals surface area contributed by atoms with E-state index in [0.717, 1.165) is 24.4 Å². The van der Waals surface area contributed by atoms with E-state index < -0.39 is 0 Å². The van der Waals surface area contributed by atoms with Crippen molar-refractivity contribution in [2.75, 3.05) is 6.54 Å². The summed E-state index contributed by atoms with van der Waals surface area (Å²) in [5.41, 5.74) is 0. The highest BCUT2D eigenvalue weighted by molar-refractivity contribution is 4.85. The first kappa shape index (κ1) is 9.51. The molecule has 0 radical (unpaired) electrons. The highest BCUT2D eigenvalue weighted by atomic mass is 14.9. The molecule has 2 aliphatic rings. The molecule has 3 unspecified atom stereocenters. The van der Waals surface area contributed by atoms with Gasteiger partial charge in [0.1, 0.15) is 0 Å². The van der Waals surface area contributed by atoms with E-state index in [4.69, 9.17) is 0 Å². The molecule has 0 spiro atoms. The smallest absolute Gasteiger partial charge is 0.00697 e. The summed E-state index contributed by atoms with van der Waals surface area (Å²) in [6, 6.07) is 0.851. The van der Waals surface area contributed by atoms with Crippen molar-refractivity contribution in [1.82, 2.24) is 5.32 Å². The highest BCUT2D eigenvalue weighted by Crippen LogP contribution is 2.40. The van der Waals surface area contributed by atoms with E-state index in [1.54, 1.807) is 0 Å². The van der Waals surface area contributed by atoms with E-state index in [0.29, 0.717) is 0 Å². The molecule has 0 aromatic rings. The molecule has 2 rings (SSSR count). The minimum absolute atomic E-state index is 0.851. The third kappa shape index (κ3) is 2.25. The molecular weight excluding hydrogens is 158 g/mol. The van der Waals surface area contributed by atoms with Gasteiger partial charge in [0.05, 0.1) is 0 Å². The van der Waals surface area contributed by atoms with Gasteiger partial charge in [0, 0.05) is 6.04 Å². The maximum Gasteiger partial charge on any atom is 0.00697 e. The Hall–Kier alpha value is -0.0400. The Kier molecular flexibility index (Phi) is 3.26. The van der Waals surface area contributed by atoms with Crippen LogP contribution in [0.3, 0.4) is 0 Å². The third-order valence-electron chi connectivity index (χ3n) is 4.03. The molecule has 0 bridgehead atoms. The van der Waals surface area contributed by atoms with Gasteiger partial charge >= 0.3 is 0 Å². The van der Waals surface area contributed by atoms with Gasteiger partial charge in [-0.1, -0.05) is 32.6 Å². The summed E-state index contributed by atoms with van der Waals surface area (Å²) >= 11 is 0. The van der Waals surface area contributed by atoms with E-state index >= 15 is 0 Å². The molecular formula is C12H23N. The fraction of sp³-hybridized carbons (Fsp3) is 1.00. The standard InChI is InChI=1S/C12H23N/c1-2-13-12-8-7-10-5-3-4-6-11(10)9-12/h10-13H,2-9H2,1H3. The molecule has 2 fully saturated rings. The number of fused-ring (bicyclic) bond motifs is 1. The van der Waals surface area contributed by atoms with Crippen LogP contribution in [0.15, 0.2) is 0 Å². The quantitative estimate of drug-likeness (QED) is 0.690. The molecule has 3 atom stereocenters. The van der Waals surface area contributed by atoms with Crippen LogP contribution in [0.4, 0.5) is 0 Å². The average Bonchev–Trinajstić information content (AvgIpc) is 2.18. The second-order valence-electron chi connectivity index (χ2n) is 4.87. The lowest BCUT2D eigenvalue weighted by atomic mass is 9.69. The normalized spacial score (nSPS) is 39.9. The minimum atomic E-state index is 0.851. The first-order valence-corrected chi connectivity index (χ1v) is 6.13. The van der Waals surface area contributed by atoms with E-state index in [1.165, 1.54) is 44.9 Å². The zero-order chi connectivity index (χ0) is 9.10. The van der Waals surface area contributed by atoms with E-state index in [1.807, 2.05) is 0 Å². The molecule has 1 heteroatoms. The van der Waals surface area contributed by atoms with E-state index in [2.05, 4.69) is 12.2 Å². The van der Waals surface area contributed by atoms with Gasteiger partial charge in [-0.25, -0.2) is 0 Å². The van der Waals surface area contributed by atoms with Gasteiger partial charge in [-0.3, -0.25) is 0 Å². The molecule has 76 valence electrons. The zero-order valence-corrected chi connectivity index (χ0v) is 8.89. The summed E-state index contributed by atoms with van der Waals surface area (Å²) in [5.74, 6) is 2.18. The molecule has 0 heterocycles. The summed E-state index contributed by atoms with van der Waals surface area (Å²) in [5, 5.41) is 3.62. The van der Waals surface area contributed by atoms with Crippen molar-refractivity contribution in [3.8, 4) is 0 Å². The lowest BCUT2D eigenvalue weighted by Crippen LogP contribution is -2.38. The first-order valence-electron chi connectivity index (χ1n) is 6.13. The van der Waals surface area contributed by atoms with Gasteiger partial charge in [0.2, 0.25) is 0 Å². The Bertz CT molecular complexity index is 155. The largest absolute Gasteiger partial charge is 0.314 e. The van der Waals surface area contributed by atoms with Crippen LogP contribution in [0.25, 0.3) is 0 Å². The molecule has 2 saturated carbocycles. The van der Waals surface area contributed by atoms with Crippen LogP contribution in [0.2, 0.25) is 0 Å².